The summed E-state index contributed by atoms with van der Waals surface area (Å²) in [6.45, 7) is 1.20. The highest BCUT2D eigenvalue weighted by Crippen LogP contribution is 2.32. The molecule has 0 saturated carbocycles. The van der Waals surface area contributed by atoms with Gasteiger partial charge in [0.25, 0.3) is 0 Å². The van der Waals surface area contributed by atoms with Crippen LogP contribution >= 0.6 is 0 Å². The van der Waals surface area contributed by atoms with Gasteiger partial charge in [-0.05, 0) is 19.1 Å². The lowest BCUT2D eigenvalue weighted by molar-refractivity contribution is -0.275. The lowest BCUT2D eigenvalue weighted by Crippen LogP contribution is -2.24. The third kappa shape index (κ3) is 4.21. The number of ether oxygens (including phenoxy) is 2. The Bertz CT molecular complexity index is 403. The highest BCUT2D eigenvalue weighted by molar-refractivity contribution is 5.72. The molecule has 1 N–H and O–H groups in total. The van der Waals surface area contributed by atoms with Crippen LogP contribution in [0.1, 0.15) is 6.92 Å². The van der Waals surface area contributed by atoms with Crippen LogP contribution in [0.2, 0.25) is 0 Å². The highest BCUT2D eigenvalue weighted by atomic mass is 19.4. The molecule has 7 heteroatoms. The summed E-state index contributed by atoms with van der Waals surface area (Å²) >= 11 is 0. The number of carboxylic acids is 1. The molecule has 0 fully saturated rings. The van der Waals surface area contributed by atoms with Crippen LogP contribution in [0.15, 0.2) is 24.3 Å². The van der Waals surface area contributed by atoms with Crippen molar-refractivity contribution in [2.45, 2.75) is 19.4 Å². The molecule has 94 valence electrons. The Hall–Kier alpha value is -1.92. The molecular weight excluding hydrogens is 241 g/mol. The molecule has 1 atom stereocenters. The SMILES string of the molecule is C[C@@H](Oc1ccccc1OC(F)(F)F)C(=O)O. The van der Waals surface area contributed by atoms with Crippen LogP contribution in [0.4, 0.5) is 13.2 Å². The molecule has 0 aliphatic rings. The van der Waals surface area contributed by atoms with Gasteiger partial charge in [0.15, 0.2) is 17.6 Å². The average molecular weight is 250 g/mol. The zero-order chi connectivity index (χ0) is 13.1. The van der Waals surface area contributed by atoms with E-state index in [9.17, 15) is 18.0 Å². The van der Waals surface area contributed by atoms with E-state index in [1.54, 1.807) is 0 Å². The van der Waals surface area contributed by atoms with Gasteiger partial charge >= 0.3 is 12.3 Å². The molecule has 0 saturated heterocycles. The maximum atomic E-state index is 12.0. The van der Waals surface area contributed by atoms with Crippen LogP contribution in [-0.2, 0) is 4.79 Å². The fraction of sp³-hybridized carbons (Fsp3) is 0.300. The number of hydrogen-bond acceptors (Lipinski definition) is 3. The average Bonchev–Trinajstić information content (AvgIpc) is 2.18. The number of alkyl halides is 3. The van der Waals surface area contributed by atoms with Gasteiger partial charge in [0, 0.05) is 0 Å². The number of benzene rings is 1. The first-order valence-corrected chi connectivity index (χ1v) is 4.54. The molecular formula is C10H9F3O4. The lowest BCUT2D eigenvalue weighted by Gasteiger charge is -2.15. The third-order valence-electron chi connectivity index (χ3n) is 1.73. The smallest absolute Gasteiger partial charge is 0.479 e. The van der Waals surface area contributed by atoms with Crippen LogP contribution in [0.5, 0.6) is 11.5 Å². The quantitative estimate of drug-likeness (QED) is 0.891. The van der Waals surface area contributed by atoms with Crippen LogP contribution in [0, 0.1) is 0 Å². The molecule has 0 heterocycles. The van der Waals surface area contributed by atoms with E-state index in [2.05, 4.69) is 4.74 Å². The van der Waals surface area contributed by atoms with Crippen molar-refractivity contribution < 1.29 is 32.5 Å². The molecule has 0 aliphatic heterocycles. The first-order chi connectivity index (χ1) is 7.79. The molecule has 1 aromatic carbocycles. The Morgan fingerprint density at radius 2 is 1.82 bits per heavy atom. The standard InChI is InChI=1S/C10H9F3O4/c1-6(9(14)15)16-7-4-2-3-5-8(7)17-10(11,12)13/h2-6H,1H3,(H,14,15)/t6-/m1/s1. The number of aliphatic carboxylic acids is 1. The molecule has 1 aromatic rings. The Kier molecular flexibility index (Phi) is 3.82. The molecule has 1 rings (SSSR count). The van der Waals surface area contributed by atoms with Gasteiger partial charge < -0.3 is 14.6 Å². The summed E-state index contributed by atoms with van der Waals surface area (Å²) < 4.78 is 44.6. The van der Waals surface area contributed by atoms with E-state index < -0.39 is 24.2 Å². The van der Waals surface area contributed by atoms with Gasteiger partial charge in [0.2, 0.25) is 0 Å². The topological polar surface area (TPSA) is 55.8 Å². The molecule has 4 nitrogen and oxygen atoms in total. The minimum atomic E-state index is -4.86. The van der Waals surface area contributed by atoms with Gasteiger partial charge in [-0.3, -0.25) is 0 Å². The van der Waals surface area contributed by atoms with Crippen molar-refractivity contribution in [2.24, 2.45) is 0 Å². The monoisotopic (exact) mass is 250 g/mol. The summed E-state index contributed by atoms with van der Waals surface area (Å²) in [5.41, 5.74) is 0. The fourth-order valence-corrected chi connectivity index (χ4v) is 0.997. The third-order valence-corrected chi connectivity index (χ3v) is 1.73. The predicted octanol–water partition coefficient (Wildman–Crippen LogP) is 2.44. The van der Waals surface area contributed by atoms with Gasteiger partial charge in [-0.15, -0.1) is 13.2 Å². The van der Waals surface area contributed by atoms with Crippen molar-refractivity contribution in [1.29, 1.82) is 0 Å². The van der Waals surface area contributed by atoms with Crippen molar-refractivity contribution in [3.05, 3.63) is 24.3 Å². The summed E-state index contributed by atoms with van der Waals surface area (Å²) in [5.74, 6) is -2.14. The van der Waals surface area contributed by atoms with Crippen LogP contribution in [0.3, 0.4) is 0 Å². The first kappa shape index (κ1) is 13.1. The summed E-state index contributed by atoms with van der Waals surface area (Å²) in [6.07, 6.45) is -6.13. The second-order valence-electron chi connectivity index (χ2n) is 3.09. The van der Waals surface area contributed by atoms with E-state index in [1.807, 2.05) is 0 Å². The van der Waals surface area contributed by atoms with Crippen LogP contribution in [0.25, 0.3) is 0 Å². The summed E-state index contributed by atoms with van der Waals surface area (Å²) in [7, 11) is 0. The minimum absolute atomic E-state index is 0.278. The molecule has 0 unspecified atom stereocenters. The first-order valence-electron chi connectivity index (χ1n) is 4.54. The Labute approximate surface area is 94.6 Å². The highest BCUT2D eigenvalue weighted by Gasteiger charge is 2.32. The fourth-order valence-electron chi connectivity index (χ4n) is 0.997. The Morgan fingerprint density at radius 1 is 1.29 bits per heavy atom. The predicted molar refractivity (Wildman–Crippen MR) is 50.9 cm³/mol. The van der Waals surface area contributed by atoms with Gasteiger partial charge in [0.05, 0.1) is 0 Å². The Morgan fingerprint density at radius 3 is 2.29 bits per heavy atom. The molecule has 0 aromatic heterocycles. The van der Waals surface area contributed by atoms with Gasteiger partial charge in [-0.25, -0.2) is 4.79 Å². The molecule has 0 spiro atoms. The van der Waals surface area contributed by atoms with Crippen molar-refractivity contribution in [1.82, 2.24) is 0 Å². The summed E-state index contributed by atoms with van der Waals surface area (Å²) in [5, 5.41) is 8.58. The molecule has 0 aliphatic carbocycles. The molecule has 0 amide bonds. The maximum Gasteiger partial charge on any atom is 0.573 e. The van der Waals surface area contributed by atoms with Crippen LogP contribution in [-0.4, -0.2) is 23.5 Å². The van der Waals surface area contributed by atoms with E-state index in [4.69, 9.17) is 9.84 Å². The summed E-state index contributed by atoms with van der Waals surface area (Å²) in [6, 6.07) is 4.96. The number of hydrogen-bond donors (Lipinski definition) is 1. The van der Waals surface area contributed by atoms with Crippen molar-refractivity contribution >= 4 is 5.97 Å². The second kappa shape index (κ2) is 4.94. The maximum absolute atomic E-state index is 12.0. The zero-order valence-corrected chi connectivity index (χ0v) is 8.69. The van der Waals surface area contributed by atoms with E-state index in [0.717, 1.165) is 6.07 Å². The molecule has 17 heavy (non-hydrogen) atoms. The number of carbonyl (C=O) groups is 1. The van der Waals surface area contributed by atoms with E-state index in [0.29, 0.717) is 0 Å². The van der Waals surface area contributed by atoms with Crippen molar-refractivity contribution in [3.8, 4) is 11.5 Å². The minimum Gasteiger partial charge on any atom is -0.479 e. The van der Waals surface area contributed by atoms with E-state index in [-0.39, 0.29) is 5.75 Å². The van der Waals surface area contributed by atoms with E-state index in [1.165, 1.54) is 25.1 Å². The van der Waals surface area contributed by atoms with Crippen molar-refractivity contribution in [3.63, 3.8) is 0 Å². The van der Waals surface area contributed by atoms with Gasteiger partial charge in [-0.2, -0.15) is 0 Å². The van der Waals surface area contributed by atoms with Crippen LogP contribution < -0.4 is 9.47 Å². The molecule has 0 radical (unpaired) electrons. The zero-order valence-electron chi connectivity index (χ0n) is 8.69. The number of halogens is 3. The van der Waals surface area contributed by atoms with Gasteiger partial charge in [0.1, 0.15) is 0 Å². The Balaban J connectivity index is 2.88. The number of carboxylic acid groups (broad SMARTS) is 1. The second-order valence-corrected chi connectivity index (χ2v) is 3.09. The lowest BCUT2D eigenvalue weighted by atomic mass is 10.3. The molecule has 0 bridgehead atoms. The van der Waals surface area contributed by atoms with E-state index >= 15 is 0 Å². The van der Waals surface area contributed by atoms with Crippen molar-refractivity contribution in [2.75, 3.05) is 0 Å². The summed E-state index contributed by atoms with van der Waals surface area (Å²) in [4.78, 5) is 10.5. The largest absolute Gasteiger partial charge is 0.573 e. The van der Waals surface area contributed by atoms with Gasteiger partial charge in [-0.1, -0.05) is 12.1 Å². The number of para-hydroxylation sites is 2. The normalized spacial score (nSPS) is 12.9. The number of rotatable bonds is 4.